The Labute approximate surface area is 120 Å². The van der Waals surface area contributed by atoms with Crippen molar-refractivity contribution in [1.82, 2.24) is 0 Å². The average Bonchev–Trinajstić information content (AvgIpc) is 2.17. The van der Waals surface area contributed by atoms with Crippen molar-refractivity contribution in [3.05, 3.63) is 35.4 Å². The molecule has 1 aromatic carbocycles. The molecule has 7 heteroatoms. The van der Waals surface area contributed by atoms with Crippen LogP contribution in [0.5, 0.6) is 0 Å². The first-order valence-electron chi connectivity index (χ1n) is 4.23. The van der Waals surface area contributed by atoms with Crippen molar-refractivity contribution in [2.45, 2.75) is 6.92 Å². The molecule has 0 aliphatic rings. The van der Waals surface area contributed by atoms with E-state index in [0.29, 0.717) is 0 Å². The van der Waals surface area contributed by atoms with E-state index in [4.69, 9.17) is 21.4 Å². The third kappa shape index (κ3) is 8.44. The van der Waals surface area contributed by atoms with Gasteiger partial charge in [0, 0.05) is 18.1 Å². The van der Waals surface area contributed by atoms with Crippen LogP contribution in [0.4, 0.5) is 0 Å². The number of aliphatic carboxylic acids is 1. The van der Waals surface area contributed by atoms with Gasteiger partial charge >= 0.3 is 29.6 Å². The molecule has 0 radical (unpaired) electrons. The van der Waals surface area contributed by atoms with Crippen LogP contribution in [0.1, 0.15) is 27.6 Å². The number of benzene rings is 1. The summed E-state index contributed by atoms with van der Waals surface area (Å²) in [6.07, 6.45) is 0. The van der Waals surface area contributed by atoms with Crippen molar-refractivity contribution in [2.24, 2.45) is 11.5 Å². The van der Waals surface area contributed by atoms with Gasteiger partial charge in [0.25, 0.3) is 5.97 Å². The van der Waals surface area contributed by atoms with Gasteiger partial charge in [-0.15, -0.1) is 0 Å². The summed E-state index contributed by atoms with van der Waals surface area (Å²) in [7, 11) is 0. The van der Waals surface area contributed by atoms with Crippen LogP contribution in [0.2, 0.25) is 0 Å². The molecule has 0 fully saturated rings. The van der Waals surface area contributed by atoms with Crippen LogP contribution < -0.4 is 11.5 Å². The van der Waals surface area contributed by atoms with Crippen LogP contribution in [0.3, 0.4) is 0 Å². The number of carbonyl (C=O) groups excluding carboxylic acids is 2. The molecule has 0 saturated heterocycles. The third-order valence-electron chi connectivity index (χ3n) is 1.43. The van der Waals surface area contributed by atoms with E-state index in [1.54, 1.807) is 6.07 Å². The predicted octanol–water partition coefficient (Wildman–Crippen LogP) is -0.673. The van der Waals surface area contributed by atoms with Gasteiger partial charge in [-0.05, 0) is 18.2 Å². The first kappa shape index (κ1) is 18.0. The van der Waals surface area contributed by atoms with E-state index in [-0.39, 0.29) is 40.7 Å². The molecule has 0 saturated carbocycles. The van der Waals surface area contributed by atoms with Gasteiger partial charge in [-0.3, -0.25) is 14.4 Å². The Kier molecular flexibility index (Phi) is 9.26. The molecule has 6 nitrogen and oxygen atoms in total. The molecular weight excluding hydrogens is 235 g/mol. The Morgan fingerprint density at radius 2 is 1.35 bits per heavy atom. The predicted molar refractivity (Wildman–Crippen MR) is 63.9 cm³/mol. The minimum atomic E-state index is -0.833. The maximum atomic E-state index is 10.6. The number of primary amides is 2. The van der Waals surface area contributed by atoms with Gasteiger partial charge in [-0.2, -0.15) is 0 Å². The minimum absolute atomic E-state index is 0. The molecule has 1 rings (SSSR count). The molecule has 1 aromatic rings. The number of hydrogen-bond acceptors (Lipinski definition) is 3. The summed E-state index contributed by atoms with van der Waals surface area (Å²) in [5.74, 6) is -1.98. The van der Waals surface area contributed by atoms with Gasteiger partial charge < -0.3 is 16.6 Å². The van der Waals surface area contributed by atoms with Crippen molar-refractivity contribution in [2.75, 3.05) is 0 Å². The molecule has 0 aromatic heterocycles. The van der Waals surface area contributed by atoms with Crippen molar-refractivity contribution >= 4 is 47.3 Å². The Hall–Kier alpha value is -1.37. The Morgan fingerprint density at radius 1 is 1.06 bits per heavy atom. The second-order valence-corrected chi connectivity index (χ2v) is 2.83. The first-order valence-corrected chi connectivity index (χ1v) is 4.23. The van der Waals surface area contributed by atoms with Crippen LogP contribution in [-0.2, 0) is 4.79 Å². The summed E-state index contributed by atoms with van der Waals surface area (Å²) in [6.45, 7) is 1.08. The number of carboxylic acid groups (broad SMARTS) is 1. The van der Waals surface area contributed by atoms with E-state index in [0.717, 1.165) is 6.92 Å². The SMILES string of the molecule is CC(=O)O.NC(=O)c1cccc(C(N)=O)c1.[NaH]. The monoisotopic (exact) mass is 248 g/mol. The number of hydrogen-bond donors (Lipinski definition) is 3. The zero-order valence-corrected chi connectivity index (χ0v) is 8.64. The number of nitrogens with two attached hydrogens (primary N) is 2. The number of rotatable bonds is 2. The first-order chi connectivity index (χ1) is 7.34. The zero-order valence-electron chi connectivity index (χ0n) is 8.64. The van der Waals surface area contributed by atoms with Gasteiger partial charge in [0.2, 0.25) is 11.8 Å². The Balaban J connectivity index is 0. The molecule has 88 valence electrons. The Morgan fingerprint density at radius 3 is 1.59 bits per heavy atom. The van der Waals surface area contributed by atoms with Gasteiger partial charge in [0.05, 0.1) is 0 Å². The summed E-state index contributed by atoms with van der Waals surface area (Å²) in [6, 6.07) is 5.97. The van der Waals surface area contributed by atoms with E-state index in [2.05, 4.69) is 0 Å². The molecular formula is C10H13N2NaO4. The normalized spacial score (nSPS) is 8.06. The molecule has 0 atom stereocenters. The fourth-order valence-corrected chi connectivity index (χ4v) is 0.826. The standard InChI is InChI=1S/C8H8N2O2.C2H4O2.Na.H/c9-7(11)5-2-1-3-6(4-5)8(10)12;1-2(3)4;;/h1-4H,(H2,9,11)(H2,10,12);1H3,(H,3,4);;. The topological polar surface area (TPSA) is 123 Å². The van der Waals surface area contributed by atoms with E-state index < -0.39 is 17.8 Å². The number of carboxylic acids is 1. The van der Waals surface area contributed by atoms with Crippen LogP contribution in [-0.4, -0.2) is 52.4 Å². The van der Waals surface area contributed by atoms with Crippen molar-refractivity contribution in [3.63, 3.8) is 0 Å². The van der Waals surface area contributed by atoms with Gasteiger partial charge in [0.1, 0.15) is 0 Å². The fraction of sp³-hybridized carbons (Fsp3) is 0.100. The third-order valence-corrected chi connectivity index (χ3v) is 1.43. The molecule has 0 spiro atoms. The zero-order chi connectivity index (χ0) is 12.7. The van der Waals surface area contributed by atoms with Crippen LogP contribution in [0, 0.1) is 0 Å². The molecule has 0 aliphatic heterocycles. The molecule has 0 aliphatic carbocycles. The van der Waals surface area contributed by atoms with Crippen LogP contribution in [0.25, 0.3) is 0 Å². The van der Waals surface area contributed by atoms with E-state index in [1.807, 2.05) is 0 Å². The van der Waals surface area contributed by atoms with E-state index >= 15 is 0 Å². The quantitative estimate of drug-likeness (QED) is 0.600. The van der Waals surface area contributed by atoms with Gasteiger partial charge in [0.15, 0.2) is 0 Å². The summed E-state index contributed by atoms with van der Waals surface area (Å²) < 4.78 is 0. The molecule has 17 heavy (non-hydrogen) atoms. The Bertz CT molecular complexity index is 387. The second kappa shape index (κ2) is 8.74. The average molecular weight is 248 g/mol. The summed E-state index contributed by atoms with van der Waals surface area (Å²) in [4.78, 5) is 30.3. The van der Waals surface area contributed by atoms with Crippen LogP contribution in [0.15, 0.2) is 24.3 Å². The molecule has 0 heterocycles. The summed E-state index contributed by atoms with van der Waals surface area (Å²) in [5, 5.41) is 7.42. The summed E-state index contributed by atoms with van der Waals surface area (Å²) >= 11 is 0. The number of amides is 2. The molecule has 0 bridgehead atoms. The van der Waals surface area contributed by atoms with Crippen molar-refractivity contribution < 1.29 is 19.5 Å². The van der Waals surface area contributed by atoms with Gasteiger partial charge in [-0.25, -0.2) is 0 Å². The maximum absolute atomic E-state index is 10.6. The van der Waals surface area contributed by atoms with Gasteiger partial charge in [-0.1, -0.05) is 6.07 Å². The second-order valence-electron chi connectivity index (χ2n) is 2.83. The van der Waals surface area contributed by atoms with E-state index in [1.165, 1.54) is 18.2 Å². The molecule has 0 unspecified atom stereocenters. The summed E-state index contributed by atoms with van der Waals surface area (Å²) in [5.41, 5.74) is 10.6. The van der Waals surface area contributed by atoms with Crippen molar-refractivity contribution in [1.29, 1.82) is 0 Å². The fourth-order valence-electron chi connectivity index (χ4n) is 0.826. The number of carbonyl (C=O) groups is 3. The van der Waals surface area contributed by atoms with E-state index in [9.17, 15) is 9.59 Å². The van der Waals surface area contributed by atoms with Crippen molar-refractivity contribution in [3.8, 4) is 0 Å². The molecule has 2 amide bonds. The molecule has 5 N–H and O–H groups in total. The van der Waals surface area contributed by atoms with Crippen LogP contribution >= 0.6 is 0 Å².